The Kier molecular flexibility index (Phi) is 6.09. The molecule has 154 valence electrons. The van der Waals surface area contributed by atoms with Crippen LogP contribution in [0.5, 0.6) is 0 Å². The number of Topliss-reactive ketones (excluding diaryl/α,β-unsaturated/α-hetero) is 1. The molecule has 1 N–H and O–H groups in total. The lowest BCUT2D eigenvalue weighted by atomic mass is 9.97. The van der Waals surface area contributed by atoms with E-state index in [0.29, 0.717) is 18.4 Å². The zero-order valence-corrected chi connectivity index (χ0v) is 16.5. The molecule has 0 aliphatic carbocycles. The molecule has 1 heterocycles. The van der Waals surface area contributed by atoms with E-state index >= 15 is 0 Å². The largest absolute Gasteiger partial charge is 0.326 e. The summed E-state index contributed by atoms with van der Waals surface area (Å²) in [5.41, 5.74) is 0.455. The van der Waals surface area contributed by atoms with E-state index in [1.54, 1.807) is 6.07 Å². The van der Waals surface area contributed by atoms with Gasteiger partial charge in [-0.25, -0.2) is 17.2 Å². The number of benzene rings is 2. The van der Waals surface area contributed by atoms with Gasteiger partial charge in [-0.15, -0.1) is 0 Å². The highest BCUT2D eigenvalue weighted by Crippen LogP contribution is 2.25. The molecule has 3 rings (SSSR count). The fourth-order valence-electron chi connectivity index (χ4n) is 3.20. The molecule has 2 aromatic carbocycles. The Labute approximate surface area is 167 Å². The second-order valence-corrected chi connectivity index (χ2v) is 8.82. The van der Waals surface area contributed by atoms with E-state index in [1.165, 1.54) is 35.5 Å². The number of ketones is 1. The summed E-state index contributed by atoms with van der Waals surface area (Å²) in [6, 6.07) is 8.94. The third kappa shape index (κ3) is 4.68. The summed E-state index contributed by atoms with van der Waals surface area (Å²) in [4.78, 5) is 23.9. The molecule has 1 amide bonds. The van der Waals surface area contributed by atoms with Crippen LogP contribution in [0.2, 0.25) is 0 Å². The lowest BCUT2D eigenvalue weighted by molar-refractivity contribution is -0.120. The van der Waals surface area contributed by atoms with Crippen LogP contribution in [0.15, 0.2) is 47.4 Å². The van der Waals surface area contributed by atoms with E-state index in [2.05, 4.69) is 5.32 Å². The van der Waals surface area contributed by atoms with Crippen molar-refractivity contribution in [2.24, 2.45) is 5.92 Å². The molecule has 0 atom stereocenters. The molecule has 2 aromatic rings. The molecular weight excluding hydrogens is 402 g/mol. The van der Waals surface area contributed by atoms with Crippen molar-refractivity contribution >= 4 is 27.4 Å². The SMILES string of the molecule is CC(=O)c1cccc(S(=O)(=O)N2CCC(C(=O)Nc3ccc(F)c(F)c3)CC2)c1. The van der Waals surface area contributed by atoms with Crippen LogP contribution in [0.4, 0.5) is 14.5 Å². The Morgan fingerprint density at radius 1 is 1.03 bits per heavy atom. The van der Waals surface area contributed by atoms with E-state index in [-0.39, 0.29) is 35.4 Å². The summed E-state index contributed by atoms with van der Waals surface area (Å²) in [7, 11) is -3.78. The van der Waals surface area contributed by atoms with Crippen LogP contribution in [0.25, 0.3) is 0 Å². The highest BCUT2D eigenvalue weighted by molar-refractivity contribution is 7.89. The maximum atomic E-state index is 13.3. The normalized spacial score (nSPS) is 15.8. The van der Waals surface area contributed by atoms with E-state index in [9.17, 15) is 26.8 Å². The lowest BCUT2D eigenvalue weighted by Crippen LogP contribution is -2.41. The first-order valence-electron chi connectivity index (χ1n) is 9.05. The van der Waals surface area contributed by atoms with Crippen LogP contribution in [-0.2, 0) is 14.8 Å². The Morgan fingerprint density at radius 2 is 1.72 bits per heavy atom. The minimum absolute atomic E-state index is 0.0369. The predicted octanol–water partition coefficient (Wildman–Crippen LogP) is 3.21. The van der Waals surface area contributed by atoms with Crippen molar-refractivity contribution in [1.29, 1.82) is 0 Å². The Balaban J connectivity index is 1.65. The number of amides is 1. The maximum absolute atomic E-state index is 13.3. The first-order chi connectivity index (χ1) is 13.7. The van der Waals surface area contributed by atoms with Gasteiger partial charge in [-0.3, -0.25) is 9.59 Å². The van der Waals surface area contributed by atoms with Crippen molar-refractivity contribution in [3.63, 3.8) is 0 Å². The molecule has 0 spiro atoms. The zero-order valence-electron chi connectivity index (χ0n) is 15.7. The molecule has 1 saturated heterocycles. The summed E-state index contributed by atoms with van der Waals surface area (Å²) in [6.45, 7) is 1.65. The van der Waals surface area contributed by atoms with Crippen LogP contribution in [-0.4, -0.2) is 37.5 Å². The second-order valence-electron chi connectivity index (χ2n) is 6.88. The maximum Gasteiger partial charge on any atom is 0.243 e. The summed E-state index contributed by atoms with van der Waals surface area (Å²) in [5, 5.41) is 2.53. The van der Waals surface area contributed by atoms with Gasteiger partial charge in [0.2, 0.25) is 15.9 Å². The topological polar surface area (TPSA) is 83.6 Å². The van der Waals surface area contributed by atoms with Gasteiger partial charge in [0.05, 0.1) is 4.90 Å². The first-order valence-corrected chi connectivity index (χ1v) is 10.5. The highest BCUT2D eigenvalue weighted by atomic mass is 32.2. The molecule has 0 aromatic heterocycles. The van der Waals surface area contributed by atoms with Crippen molar-refractivity contribution in [3.05, 3.63) is 59.7 Å². The third-order valence-corrected chi connectivity index (χ3v) is 6.78. The Bertz CT molecular complexity index is 1050. The fourth-order valence-corrected chi connectivity index (χ4v) is 4.72. The van der Waals surface area contributed by atoms with Gasteiger partial charge in [-0.2, -0.15) is 4.31 Å². The molecule has 0 unspecified atom stereocenters. The number of nitrogens with one attached hydrogen (secondary N) is 1. The highest BCUT2D eigenvalue weighted by Gasteiger charge is 2.32. The van der Waals surface area contributed by atoms with Gasteiger partial charge >= 0.3 is 0 Å². The van der Waals surface area contributed by atoms with Gasteiger partial charge in [0.1, 0.15) is 0 Å². The smallest absolute Gasteiger partial charge is 0.243 e. The fraction of sp³-hybridized carbons (Fsp3) is 0.300. The number of nitrogens with zero attached hydrogens (tertiary/aromatic N) is 1. The van der Waals surface area contributed by atoms with Crippen molar-refractivity contribution in [2.45, 2.75) is 24.7 Å². The standard InChI is InChI=1S/C20H20F2N2O4S/c1-13(25)15-3-2-4-17(11-15)29(27,28)24-9-7-14(8-10-24)20(26)23-16-5-6-18(21)19(22)12-16/h2-6,11-12,14H,7-10H2,1H3,(H,23,26). The van der Waals surface area contributed by atoms with Crippen molar-refractivity contribution in [3.8, 4) is 0 Å². The molecule has 0 bridgehead atoms. The van der Waals surface area contributed by atoms with Crippen LogP contribution in [0.3, 0.4) is 0 Å². The molecule has 0 radical (unpaired) electrons. The average molecular weight is 422 g/mol. The van der Waals surface area contributed by atoms with Crippen LogP contribution < -0.4 is 5.32 Å². The molecule has 1 aliphatic heterocycles. The van der Waals surface area contributed by atoms with Crippen LogP contribution in [0.1, 0.15) is 30.1 Å². The third-order valence-electron chi connectivity index (χ3n) is 4.89. The number of rotatable bonds is 5. The monoisotopic (exact) mass is 422 g/mol. The van der Waals surface area contributed by atoms with Gasteiger partial charge in [0.25, 0.3) is 0 Å². The number of piperidine rings is 1. The quantitative estimate of drug-likeness (QED) is 0.750. The minimum atomic E-state index is -3.78. The second kappa shape index (κ2) is 8.38. The van der Waals surface area contributed by atoms with Gasteiger partial charge in [-0.1, -0.05) is 12.1 Å². The molecule has 1 fully saturated rings. The van der Waals surface area contributed by atoms with E-state index in [4.69, 9.17) is 0 Å². The van der Waals surface area contributed by atoms with Gasteiger partial charge in [0.15, 0.2) is 17.4 Å². The molecule has 6 nitrogen and oxygen atoms in total. The van der Waals surface area contributed by atoms with Gasteiger partial charge in [0, 0.05) is 36.3 Å². The van der Waals surface area contributed by atoms with Gasteiger partial charge < -0.3 is 5.32 Å². The van der Waals surface area contributed by atoms with Crippen molar-refractivity contribution < 1.29 is 26.8 Å². The van der Waals surface area contributed by atoms with E-state index in [0.717, 1.165) is 12.1 Å². The number of carbonyl (C=O) groups excluding carboxylic acids is 2. The van der Waals surface area contributed by atoms with Crippen molar-refractivity contribution in [1.82, 2.24) is 4.31 Å². The number of sulfonamides is 1. The number of hydrogen-bond acceptors (Lipinski definition) is 4. The van der Waals surface area contributed by atoms with Crippen LogP contribution >= 0.6 is 0 Å². The summed E-state index contributed by atoms with van der Waals surface area (Å²) in [5.74, 6) is -3.11. The molecule has 9 heteroatoms. The first kappa shape index (κ1) is 21.1. The predicted molar refractivity (Wildman–Crippen MR) is 103 cm³/mol. The van der Waals surface area contributed by atoms with Gasteiger partial charge in [-0.05, 0) is 44.0 Å². The summed E-state index contributed by atoms with van der Waals surface area (Å²) in [6.07, 6.45) is 0.586. The van der Waals surface area contributed by atoms with Crippen molar-refractivity contribution in [2.75, 3.05) is 18.4 Å². The molecule has 0 saturated carbocycles. The van der Waals surface area contributed by atoms with E-state index < -0.39 is 27.6 Å². The summed E-state index contributed by atoms with van der Waals surface area (Å²) >= 11 is 0. The molecular formula is C20H20F2N2O4S. The number of halogens is 2. The summed E-state index contributed by atoms with van der Waals surface area (Å²) < 4.78 is 53.2. The number of hydrogen-bond donors (Lipinski definition) is 1. The van der Waals surface area contributed by atoms with E-state index in [1.807, 2.05) is 0 Å². The lowest BCUT2D eigenvalue weighted by Gasteiger charge is -2.30. The minimum Gasteiger partial charge on any atom is -0.326 e. The molecule has 29 heavy (non-hydrogen) atoms. The zero-order chi connectivity index (χ0) is 21.2. The number of carbonyl (C=O) groups is 2. The Morgan fingerprint density at radius 3 is 2.34 bits per heavy atom. The average Bonchev–Trinajstić information content (AvgIpc) is 2.71. The molecule has 1 aliphatic rings. The number of anilines is 1. The van der Waals surface area contributed by atoms with Crippen LogP contribution in [0, 0.1) is 17.6 Å². The Hall–Kier alpha value is -2.65.